The number of rotatable bonds is 17. The molecule has 1 fully saturated rings. The Morgan fingerprint density at radius 1 is 1.13 bits per heavy atom. The van der Waals surface area contributed by atoms with Crippen LogP contribution in [0.5, 0.6) is 5.75 Å². The van der Waals surface area contributed by atoms with Gasteiger partial charge in [0.1, 0.15) is 47.5 Å². The summed E-state index contributed by atoms with van der Waals surface area (Å²) in [7, 11) is -4.49. The molecule has 288 valence electrons. The molecule has 1 aliphatic heterocycles. The Kier molecular flexibility index (Phi) is 13.6. The Hall–Kier alpha value is -4.59. The number of nitrogen functional groups attached to an aromatic ring is 1. The molecule has 1 unspecified atom stereocenters. The second-order valence-corrected chi connectivity index (χ2v) is 15.2. The molecule has 3 heterocycles. The summed E-state index contributed by atoms with van der Waals surface area (Å²) in [5.41, 5.74) is 3.30. The molecule has 1 saturated heterocycles. The van der Waals surface area contributed by atoms with Gasteiger partial charge in [0.2, 0.25) is 5.60 Å². The standard InChI is InChI=1S/C35H47N6O11P/c1-7-23(8-2)18-47-33(45)22(3)40-53(46,52-24-12-10-9-11-13-24)48-19-26-30(49-28(42)16-17-29(43)51-34(4,5)6)31(44)35(20-36,50-26)27-15-14-25-32(37)38-21-39-41(25)27/h9-15,21-23,26,30-31,44H,7-8,16-19H2,1-6H3,(H,40,46)(H2,37,38,39)/t22?,26-,30-,31-,35+,53+/m1/s1. The lowest BCUT2D eigenvalue weighted by Gasteiger charge is -2.26. The van der Waals surface area contributed by atoms with E-state index in [0.717, 1.165) is 19.2 Å². The van der Waals surface area contributed by atoms with Crippen molar-refractivity contribution in [3.63, 3.8) is 0 Å². The smallest absolute Gasteiger partial charge is 0.459 e. The van der Waals surface area contributed by atoms with Crippen LogP contribution >= 0.6 is 7.75 Å². The maximum absolute atomic E-state index is 14.3. The lowest BCUT2D eigenvalue weighted by atomic mass is 9.92. The summed E-state index contributed by atoms with van der Waals surface area (Å²) in [5, 5.41) is 29.1. The van der Waals surface area contributed by atoms with Crippen molar-refractivity contribution in [2.45, 2.75) is 103 Å². The number of aliphatic hydroxyl groups is 1. The number of hydrogen-bond acceptors (Lipinski definition) is 15. The van der Waals surface area contributed by atoms with Gasteiger partial charge in [-0.15, -0.1) is 0 Å². The number of benzene rings is 1. The van der Waals surface area contributed by atoms with Crippen LogP contribution in [-0.2, 0) is 48.0 Å². The number of anilines is 1. The van der Waals surface area contributed by atoms with Gasteiger partial charge in [0.15, 0.2) is 11.9 Å². The van der Waals surface area contributed by atoms with Crippen LogP contribution in [0.15, 0.2) is 48.8 Å². The summed E-state index contributed by atoms with van der Waals surface area (Å²) < 4.78 is 49.7. The predicted molar refractivity (Wildman–Crippen MR) is 189 cm³/mol. The number of nitrogens with two attached hydrogens (primary N) is 1. The molecule has 6 atom stereocenters. The highest BCUT2D eigenvalue weighted by Crippen LogP contribution is 2.48. The number of nitriles is 1. The van der Waals surface area contributed by atoms with E-state index in [1.165, 1.54) is 35.7 Å². The van der Waals surface area contributed by atoms with Crippen LogP contribution < -0.4 is 15.3 Å². The third kappa shape index (κ3) is 10.3. The molecule has 18 heteroatoms. The monoisotopic (exact) mass is 758 g/mol. The predicted octanol–water partition coefficient (Wildman–Crippen LogP) is 3.98. The minimum absolute atomic E-state index is 0.0181. The number of aliphatic hydroxyl groups excluding tert-OH is 1. The fourth-order valence-electron chi connectivity index (χ4n) is 5.50. The molecule has 1 aliphatic rings. The van der Waals surface area contributed by atoms with E-state index in [0.29, 0.717) is 5.52 Å². The number of esters is 3. The molecular formula is C35H47N6O11P. The average molecular weight is 759 g/mol. The van der Waals surface area contributed by atoms with E-state index >= 15 is 0 Å². The van der Waals surface area contributed by atoms with Gasteiger partial charge in [-0.05, 0) is 57.9 Å². The van der Waals surface area contributed by atoms with Crippen LogP contribution in [0.25, 0.3) is 5.52 Å². The highest BCUT2D eigenvalue weighted by molar-refractivity contribution is 7.52. The molecule has 0 amide bonds. The molecule has 1 aromatic carbocycles. The lowest BCUT2D eigenvalue weighted by Crippen LogP contribution is -2.43. The number of carbonyl (C=O) groups is 3. The minimum Gasteiger partial charge on any atom is -0.464 e. The molecule has 53 heavy (non-hydrogen) atoms. The Balaban J connectivity index is 1.63. The maximum Gasteiger partial charge on any atom is 0.459 e. The molecule has 17 nitrogen and oxygen atoms in total. The van der Waals surface area contributed by atoms with Crippen molar-refractivity contribution in [2.24, 2.45) is 5.92 Å². The van der Waals surface area contributed by atoms with Gasteiger partial charge in [0.05, 0.1) is 31.7 Å². The second kappa shape index (κ2) is 17.5. The van der Waals surface area contributed by atoms with Crippen LogP contribution in [0.3, 0.4) is 0 Å². The minimum atomic E-state index is -4.49. The number of ether oxygens (including phenoxy) is 4. The number of aromatic nitrogens is 3. The Morgan fingerprint density at radius 3 is 2.45 bits per heavy atom. The van der Waals surface area contributed by atoms with Crippen molar-refractivity contribution in [1.29, 1.82) is 5.26 Å². The quantitative estimate of drug-likeness (QED) is 0.100. The van der Waals surface area contributed by atoms with Crippen LogP contribution in [-0.4, -0.2) is 80.8 Å². The molecule has 0 saturated carbocycles. The SMILES string of the molecule is CCC(CC)COC(=O)C(C)N[P@](=O)(OC[C@H]1O[C@@](C#N)(c2ccc3c(N)ncnn23)[C@H](O)[C@@H]1OC(=O)CCC(=O)OC(C)(C)C)Oc1ccccc1. The lowest BCUT2D eigenvalue weighted by molar-refractivity contribution is -0.162. The van der Waals surface area contributed by atoms with Crippen LogP contribution in [0.1, 0.15) is 72.9 Å². The van der Waals surface area contributed by atoms with E-state index in [1.54, 1.807) is 39.0 Å². The van der Waals surface area contributed by atoms with E-state index in [2.05, 4.69) is 15.2 Å². The van der Waals surface area contributed by atoms with E-state index < -0.39 is 74.2 Å². The van der Waals surface area contributed by atoms with E-state index in [1.807, 2.05) is 19.9 Å². The fourth-order valence-corrected chi connectivity index (χ4v) is 7.01. The second-order valence-electron chi connectivity index (χ2n) is 13.5. The molecule has 2 aromatic heterocycles. The fraction of sp³-hybridized carbons (Fsp3) is 0.543. The summed E-state index contributed by atoms with van der Waals surface area (Å²) in [6.07, 6.45) is -2.98. The zero-order valence-electron chi connectivity index (χ0n) is 30.6. The third-order valence-corrected chi connectivity index (χ3v) is 10.0. The van der Waals surface area contributed by atoms with Crippen LogP contribution in [0, 0.1) is 17.2 Å². The molecule has 0 radical (unpaired) electrons. The average Bonchev–Trinajstić information content (AvgIpc) is 3.66. The molecular weight excluding hydrogens is 711 g/mol. The van der Waals surface area contributed by atoms with Gasteiger partial charge >= 0.3 is 25.7 Å². The van der Waals surface area contributed by atoms with Gasteiger partial charge in [0.25, 0.3) is 0 Å². The zero-order chi connectivity index (χ0) is 39.0. The Bertz CT molecular complexity index is 1820. The largest absolute Gasteiger partial charge is 0.464 e. The van der Waals surface area contributed by atoms with Crippen molar-refractivity contribution in [3.8, 4) is 11.8 Å². The first kappa shape index (κ1) is 41.2. The highest BCUT2D eigenvalue weighted by Gasteiger charge is 2.60. The topological polar surface area (TPSA) is 236 Å². The summed E-state index contributed by atoms with van der Waals surface area (Å²) in [6, 6.07) is 11.8. The number of hydrogen-bond donors (Lipinski definition) is 3. The third-order valence-electron chi connectivity index (χ3n) is 8.38. The van der Waals surface area contributed by atoms with Crippen molar-refractivity contribution in [1.82, 2.24) is 19.7 Å². The zero-order valence-corrected chi connectivity index (χ0v) is 31.5. The first-order chi connectivity index (χ1) is 25.0. The highest BCUT2D eigenvalue weighted by atomic mass is 31.2. The summed E-state index contributed by atoms with van der Waals surface area (Å²) in [5.74, 6) is -1.93. The van der Waals surface area contributed by atoms with Crippen LogP contribution in [0.2, 0.25) is 0 Å². The Morgan fingerprint density at radius 2 is 1.81 bits per heavy atom. The molecule has 0 bridgehead atoms. The van der Waals surface area contributed by atoms with Gasteiger partial charge in [-0.25, -0.2) is 14.1 Å². The molecule has 4 rings (SSSR count). The van der Waals surface area contributed by atoms with Crippen molar-refractivity contribution < 1.29 is 52.1 Å². The van der Waals surface area contributed by atoms with Gasteiger partial charge < -0.3 is 34.3 Å². The summed E-state index contributed by atoms with van der Waals surface area (Å²) in [6.45, 7) is 9.90. The number of carbonyl (C=O) groups excluding carboxylic acids is 3. The normalized spacial score (nSPS) is 21.8. The Labute approximate surface area is 307 Å². The van der Waals surface area contributed by atoms with Gasteiger partial charge in [0, 0.05) is 0 Å². The number of para-hydroxylation sites is 1. The molecule has 4 N–H and O–H groups in total. The molecule has 0 aliphatic carbocycles. The van der Waals surface area contributed by atoms with Gasteiger partial charge in [-0.3, -0.25) is 18.9 Å². The maximum atomic E-state index is 14.3. The van der Waals surface area contributed by atoms with E-state index in [-0.39, 0.29) is 36.2 Å². The summed E-state index contributed by atoms with van der Waals surface area (Å²) in [4.78, 5) is 42.3. The molecule has 3 aromatic rings. The van der Waals surface area contributed by atoms with Crippen molar-refractivity contribution in [3.05, 3.63) is 54.5 Å². The van der Waals surface area contributed by atoms with Gasteiger partial charge in [-0.2, -0.15) is 15.4 Å². The number of nitrogens with zero attached hydrogens (tertiary/aromatic N) is 4. The number of fused-ring (bicyclic) bond motifs is 1. The van der Waals surface area contributed by atoms with Crippen molar-refractivity contribution >= 4 is 37.0 Å². The van der Waals surface area contributed by atoms with E-state index in [4.69, 9.17) is 33.7 Å². The van der Waals surface area contributed by atoms with Gasteiger partial charge in [-0.1, -0.05) is 44.9 Å². The van der Waals surface area contributed by atoms with E-state index in [9.17, 15) is 29.3 Å². The molecule has 0 spiro atoms. The summed E-state index contributed by atoms with van der Waals surface area (Å²) >= 11 is 0. The number of nitrogens with one attached hydrogen (secondary N) is 1. The van der Waals surface area contributed by atoms with Crippen molar-refractivity contribution in [2.75, 3.05) is 18.9 Å². The first-order valence-corrected chi connectivity index (χ1v) is 18.8. The van der Waals surface area contributed by atoms with Crippen LogP contribution in [0.4, 0.5) is 5.82 Å². The first-order valence-electron chi connectivity index (χ1n) is 17.3.